The average molecular weight is 173 g/mol. The van der Waals surface area contributed by atoms with Crippen molar-refractivity contribution in [2.45, 2.75) is 26.3 Å². The minimum Gasteiger partial charge on any atom is -0.369 e. The number of carbonyl (C=O) groups is 1. The molecule has 0 saturated carbocycles. The number of likely N-dealkylation sites (N-methyl/N-ethyl adjacent to an activating group) is 1. The molecule has 0 fully saturated rings. The summed E-state index contributed by atoms with van der Waals surface area (Å²) in [5.74, 6) is -0.288. The normalized spacial score (nSPS) is 13.3. The quantitative estimate of drug-likeness (QED) is 0.570. The molecule has 1 amide bonds. The smallest absolute Gasteiger partial charge is 0.231 e. The van der Waals surface area contributed by atoms with E-state index in [1.165, 1.54) is 0 Å². The second-order valence-electron chi connectivity index (χ2n) is 2.83. The van der Waals surface area contributed by atoms with Gasteiger partial charge in [-0.15, -0.1) is 0 Å². The highest BCUT2D eigenvalue weighted by Crippen LogP contribution is 2.00. The Kier molecular flexibility index (Phi) is 5.66. The van der Waals surface area contributed by atoms with E-state index in [1.807, 2.05) is 11.8 Å². The van der Waals surface area contributed by atoms with E-state index in [0.29, 0.717) is 13.1 Å². The van der Waals surface area contributed by atoms with E-state index in [4.69, 9.17) is 11.5 Å². The highest BCUT2D eigenvalue weighted by Gasteiger charge is 2.14. The van der Waals surface area contributed by atoms with Gasteiger partial charge in [0.2, 0.25) is 5.91 Å². The van der Waals surface area contributed by atoms with Gasteiger partial charge in [-0.3, -0.25) is 9.69 Å². The molecule has 0 rings (SSSR count). The van der Waals surface area contributed by atoms with Gasteiger partial charge in [0.1, 0.15) is 0 Å². The van der Waals surface area contributed by atoms with Crippen LogP contribution >= 0.6 is 0 Å². The van der Waals surface area contributed by atoms with Crippen LogP contribution in [0.2, 0.25) is 0 Å². The third-order valence-electron chi connectivity index (χ3n) is 2.02. The van der Waals surface area contributed by atoms with Crippen molar-refractivity contribution in [2.24, 2.45) is 11.5 Å². The fourth-order valence-corrected chi connectivity index (χ4v) is 1.27. The maximum atomic E-state index is 10.6. The highest BCUT2D eigenvalue weighted by molar-refractivity contribution is 5.75. The number of nitrogens with zero attached hydrogens (tertiary/aromatic N) is 1. The molecule has 4 heteroatoms. The minimum absolute atomic E-state index is 0.280. The zero-order valence-electron chi connectivity index (χ0n) is 7.92. The molecule has 0 aliphatic heterocycles. The van der Waals surface area contributed by atoms with Crippen LogP contribution in [0.25, 0.3) is 0 Å². The van der Waals surface area contributed by atoms with Gasteiger partial charge < -0.3 is 11.5 Å². The van der Waals surface area contributed by atoms with E-state index in [2.05, 4.69) is 6.92 Å². The van der Waals surface area contributed by atoms with E-state index in [0.717, 1.165) is 13.0 Å². The molecule has 4 N–H and O–H groups in total. The lowest BCUT2D eigenvalue weighted by Gasteiger charge is -2.27. The first-order valence-corrected chi connectivity index (χ1v) is 4.38. The molecular weight excluding hydrogens is 154 g/mol. The second kappa shape index (κ2) is 5.97. The van der Waals surface area contributed by atoms with Crippen molar-refractivity contribution >= 4 is 5.91 Å². The summed E-state index contributed by atoms with van der Waals surface area (Å²) in [6, 6.07) is 0.280. The highest BCUT2D eigenvalue weighted by atomic mass is 16.1. The largest absolute Gasteiger partial charge is 0.369 e. The van der Waals surface area contributed by atoms with E-state index < -0.39 is 0 Å². The van der Waals surface area contributed by atoms with Crippen LogP contribution in [0, 0.1) is 0 Å². The molecule has 0 aliphatic rings. The van der Waals surface area contributed by atoms with Crippen molar-refractivity contribution in [3.05, 3.63) is 0 Å². The molecule has 0 heterocycles. The molecule has 0 aromatic heterocycles. The van der Waals surface area contributed by atoms with E-state index in [-0.39, 0.29) is 11.9 Å². The summed E-state index contributed by atoms with van der Waals surface area (Å²) in [7, 11) is 0. The van der Waals surface area contributed by atoms with Crippen molar-refractivity contribution in [1.29, 1.82) is 0 Å². The summed E-state index contributed by atoms with van der Waals surface area (Å²) >= 11 is 0. The van der Waals surface area contributed by atoms with Gasteiger partial charge in [-0.2, -0.15) is 0 Å². The van der Waals surface area contributed by atoms with Crippen LogP contribution in [0.15, 0.2) is 0 Å². The van der Waals surface area contributed by atoms with Crippen molar-refractivity contribution < 1.29 is 4.79 Å². The Morgan fingerprint density at radius 2 is 2.08 bits per heavy atom. The Balaban J connectivity index is 4.01. The zero-order chi connectivity index (χ0) is 9.56. The van der Waals surface area contributed by atoms with Gasteiger partial charge in [0.05, 0.1) is 6.54 Å². The van der Waals surface area contributed by atoms with Crippen molar-refractivity contribution in [3.8, 4) is 0 Å². The first-order chi connectivity index (χ1) is 5.65. The Morgan fingerprint density at radius 1 is 1.50 bits per heavy atom. The molecule has 1 unspecified atom stereocenters. The van der Waals surface area contributed by atoms with Crippen LogP contribution in [-0.4, -0.2) is 36.5 Å². The lowest BCUT2D eigenvalue weighted by Crippen LogP contribution is -2.44. The Hall–Kier alpha value is -0.610. The number of carbonyl (C=O) groups excluding carboxylic acids is 1. The van der Waals surface area contributed by atoms with Gasteiger partial charge in [0, 0.05) is 12.6 Å². The van der Waals surface area contributed by atoms with Gasteiger partial charge >= 0.3 is 0 Å². The van der Waals surface area contributed by atoms with Crippen LogP contribution in [0.4, 0.5) is 0 Å². The number of primary amides is 1. The van der Waals surface area contributed by atoms with E-state index in [1.54, 1.807) is 0 Å². The van der Waals surface area contributed by atoms with Crippen LogP contribution in [-0.2, 0) is 4.79 Å². The SMILES string of the molecule is CCC(CN)N(CC)CC(N)=O. The molecule has 72 valence electrons. The topological polar surface area (TPSA) is 72.3 Å². The summed E-state index contributed by atoms with van der Waals surface area (Å²) < 4.78 is 0. The number of rotatable bonds is 6. The molecular formula is C8H19N3O. The molecule has 0 bridgehead atoms. The van der Waals surface area contributed by atoms with Crippen molar-refractivity contribution in [3.63, 3.8) is 0 Å². The van der Waals surface area contributed by atoms with Gasteiger partial charge in [0.15, 0.2) is 0 Å². The predicted octanol–water partition coefficient (Wildman–Crippen LogP) is -0.469. The maximum Gasteiger partial charge on any atom is 0.231 e. The third-order valence-corrected chi connectivity index (χ3v) is 2.02. The summed E-state index contributed by atoms with van der Waals surface area (Å²) in [6.45, 7) is 5.77. The standard InChI is InChI=1S/C8H19N3O/c1-3-7(5-9)11(4-2)6-8(10)12/h7H,3-6,9H2,1-2H3,(H2,10,12). The monoisotopic (exact) mass is 173 g/mol. The lowest BCUT2D eigenvalue weighted by molar-refractivity contribution is -0.119. The summed E-state index contributed by atoms with van der Waals surface area (Å²) in [4.78, 5) is 12.6. The summed E-state index contributed by atoms with van der Waals surface area (Å²) in [6.07, 6.45) is 0.956. The maximum absolute atomic E-state index is 10.6. The second-order valence-corrected chi connectivity index (χ2v) is 2.83. The molecule has 0 aliphatic carbocycles. The van der Waals surface area contributed by atoms with Crippen LogP contribution < -0.4 is 11.5 Å². The van der Waals surface area contributed by atoms with Crippen LogP contribution in [0.3, 0.4) is 0 Å². The molecule has 12 heavy (non-hydrogen) atoms. The summed E-state index contributed by atoms with van der Waals surface area (Å²) in [5, 5.41) is 0. The third kappa shape index (κ3) is 3.69. The Labute approximate surface area is 73.9 Å². The molecule has 0 aromatic rings. The number of amides is 1. The molecule has 0 radical (unpaired) electrons. The molecule has 0 spiro atoms. The Morgan fingerprint density at radius 3 is 2.33 bits per heavy atom. The number of hydrogen-bond acceptors (Lipinski definition) is 3. The lowest BCUT2D eigenvalue weighted by atomic mass is 10.2. The molecule has 0 aromatic carbocycles. The fraction of sp³-hybridized carbons (Fsp3) is 0.875. The summed E-state index contributed by atoms with van der Waals surface area (Å²) in [5.41, 5.74) is 10.6. The van der Waals surface area contributed by atoms with Crippen molar-refractivity contribution in [1.82, 2.24) is 4.90 Å². The molecule has 1 atom stereocenters. The van der Waals surface area contributed by atoms with Gasteiger partial charge in [-0.05, 0) is 13.0 Å². The fourth-order valence-electron chi connectivity index (χ4n) is 1.27. The Bertz CT molecular complexity index is 134. The predicted molar refractivity (Wildman–Crippen MR) is 49.6 cm³/mol. The van der Waals surface area contributed by atoms with Gasteiger partial charge in [0.25, 0.3) is 0 Å². The number of hydrogen-bond donors (Lipinski definition) is 2. The first-order valence-electron chi connectivity index (χ1n) is 4.38. The van der Waals surface area contributed by atoms with Crippen LogP contribution in [0.1, 0.15) is 20.3 Å². The van der Waals surface area contributed by atoms with E-state index >= 15 is 0 Å². The van der Waals surface area contributed by atoms with E-state index in [9.17, 15) is 4.79 Å². The van der Waals surface area contributed by atoms with Crippen LogP contribution in [0.5, 0.6) is 0 Å². The minimum atomic E-state index is -0.288. The molecule has 4 nitrogen and oxygen atoms in total. The number of nitrogens with two attached hydrogens (primary N) is 2. The average Bonchev–Trinajstić information content (AvgIpc) is 2.04. The van der Waals surface area contributed by atoms with Gasteiger partial charge in [-0.25, -0.2) is 0 Å². The molecule has 0 saturated heterocycles. The zero-order valence-corrected chi connectivity index (χ0v) is 7.92. The van der Waals surface area contributed by atoms with Gasteiger partial charge in [-0.1, -0.05) is 13.8 Å². The first kappa shape index (κ1) is 11.4. The van der Waals surface area contributed by atoms with Crippen molar-refractivity contribution in [2.75, 3.05) is 19.6 Å².